The van der Waals surface area contributed by atoms with Gasteiger partial charge < -0.3 is 14.5 Å². The fraction of sp³-hybridized carbons (Fsp3) is 0.920. The van der Waals surface area contributed by atoms with Gasteiger partial charge in [-0.1, -0.05) is 27.7 Å². The maximum atomic E-state index is 12.8. The van der Waals surface area contributed by atoms with E-state index in [9.17, 15) is 9.59 Å². The number of amides is 2. The molecule has 2 amide bonds. The summed E-state index contributed by atoms with van der Waals surface area (Å²) in [6, 6.07) is 0. The Labute approximate surface area is 189 Å². The minimum absolute atomic E-state index is 0.266. The number of ether oxygens (including phenoxy) is 1. The van der Waals surface area contributed by atoms with Gasteiger partial charge in [-0.15, -0.1) is 0 Å². The number of nitrogens with zero attached hydrogens (tertiary/aromatic N) is 3. The summed E-state index contributed by atoms with van der Waals surface area (Å²) < 4.78 is 5.99. The summed E-state index contributed by atoms with van der Waals surface area (Å²) >= 11 is 0. The van der Waals surface area contributed by atoms with Gasteiger partial charge in [0.15, 0.2) is 0 Å². The van der Waals surface area contributed by atoms with Crippen molar-refractivity contribution in [2.75, 3.05) is 59.0 Å². The molecule has 3 rings (SSSR count). The van der Waals surface area contributed by atoms with Gasteiger partial charge in [-0.3, -0.25) is 14.5 Å². The topological polar surface area (TPSA) is 53.1 Å². The van der Waals surface area contributed by atoms with Crippen LogP contribution in [-0.2, 0) is 14.3 Å². The molecule has 2 saturated heterocycles. The number of hydrogen-bond donors (Lipinski definition) is 0. The molecule has 0 bridgehead atoms. The molecule has 0 aromatic carbocycles. The Balaban J connectivity index is 1.25. The quantitative estimate of drug-likeness (QED) is 0.601. The zero-order valence-electron chi connectivity index (χ0n) is 20.4. The van der Waals surface area contributed by atoms with E-state index >= 15 is 0 Å². The number of rotatable bonds is 6. The van der Waals surface area contributed by atoms with Crippen LogP contribution in [-0.4, -0.2) is 85.5 Å². The standard InChI is InChI=1S/C25H45N3O3/c1-20-5-7-22(8-6-20)23(29)27-15-13-26(14-16-27)17-18-31-19-21-9-11-28(12-10-21)24(30)25(2,3)4/h20-22H,5-19H2,1-4H3. The highest BCUT2D eigenvalue weighted by Crippen LogP contribution is 2.30. The van der Waals surface area contributed by atoms with Crippen LogP contribution in [0.3, 0.4) is 0 Å². The maximum Gasteiger partial charge on any atom is 0.227 e. The fourth-order valence-electron chi connectivity index (χ4n) is 5.18. The lowest BCUT2D eigenvalue weighted by Crippen LogP contribution is -2.51. The Morgan fingerprint density at radius 2 is 1.45 bits per heavy atom. The molecule has 0 aromatic heterocycles. The van der Waals surface area contributed by atoms with Crippen molar-refractivity contribution >= 4 is 11.8 Å². The molecule has 3 aliphatic rings. The fourth-order valence-corrected chi connectivity index (χ4v) is 5.18. The van der Waals surface area contributed by atoms with Gasteiger partial charge in [0.1, 0.15) is 0 Å². The van der Waals surface area contributed by atoms with Gasteiger partial charge in [-0.05, 0) is 50.4 Å². The molecule has 0 unspecified atom stereocenters. The molecule has 0 spiro atoms. The van der Waals surface area contributed by atoms with Crippen molar-refractivity contribution < 1.29 is 14.3 Å². The second-order valence-corrected chi connectivity index (χ2v) is 11.2. The van der Waals surface area contributed by atoms with Crippen LogP contribution in [0, 0.1) is 23.2 Å². The third-order valence-electron chi connectivity index (χ3n) is 7.50. The highest BCUT2D eigenvalue weighted by atomic mass is 16.5. The van der Waals surface area contributed by atoms with Crippen molar-refractivity contribution in [2.24, 2.45) is 23.2 Å². The molecule has 0 aromatic rings. The van der Waals surface area contributed by atoms with Gasteiger partial charge in [0.05, 0.1) is 6.61 Å². The van der Waals surface area contributed by atoms with Crippen LogP contribution in [0.4, 0.5) is 0 Å². The van der Waals surface area contributed by atoms with Gasteiger partial charge >= 0.3 is 0 Å². The van der Waals surface area contributed by atoms with E-state index < -0.39 is 0 Å². The van der Waals surface area contributed by atoms with E-state index in [0.717, 1.165) is 90.6 Å². The second-order valence-electron chi connectivity index (χ2n) is 11.2. The van der Waals surface area contributed by atoms with Crippen molar-refractivity contribution in [3.63, 3.8) is 0 Å². The van der Waals surface area contributed by atoms with E-state index in [2.05, 4.69) is 16.7 Å². The average molecular weight is 436 g/mol. The normalized spacial score (nSPS) is 26.8. The van der Waals surface area contributed by atoms with Crippen molar-refractivity contribution in [1.29, 1.82) is 0 Å². The molecule has 178 valence electrons. The number of carbonyl (C=O) groups excluding carboxylic acids is 2. The van der Waals surface area contributed by atoms with Gasteiger partial charge in [-0.2, -0.15) is 0 Å². The SMILES string of the molecule is CC1CCC(C(=O)N2CCN(CCOCC3CCN(C(=O)C(C)(C)C)CC3)CC2)CC1. The first-order valence-electron chi connectivity index (χ1n) is 12.6. The Bertz CT molecular complexity index is 579. The van der Waals surface area contributed by atoms with Crippen molar-refractivity contribution in [1.82, 2.24) is 14.7 Å². The molecule has 31 heavy (non-hydrogen) atoms. The number of likely N-dealkylation sites (tertiary alicyclic amines) is 1. The first kappa shape index (κ1) is 24.5. The van der Waals surface area contributed by atoms with Crippen molar-refractivity contribution in [3.8, 4) is 0 Å². The Morgan fingerprint density at radius 1 is 0.839 bits per heavy atom. The Hall–Kier alpha value is -1.14. The summed E-state index contributed by atoms with van der Waals surface area (Å²) in [5.74, 6) is 2.30. The molecular weight excluding hydrogens is 390 g/mol. The van der Waals surface area contributed by atoms with Gasteiger partial charge in [0.2, 0.25) is 11.8 Å². The summed E-state index contributed by atoms with van der Waals surface area (Å²) in [5.41, 5.74) is -0.285. The zero-order valence-corrected chi connectivity index (χ0v) is 20.4. The van der Waals surface area contributed by atoms with Crippen LogP contribution in [0.15, 0.2) is 0 Å². The molecule has 2 heterocycles. The number of hydrogen-bond acceptors (Lipinski definition) is 4. The third-order valence-corrected chi connectivity index (χ3v) is 7.50. The zero-order chi connectivity index (χ0) is 22.4. The highest BCUT2D eigenvalue weighted by molar-refractivity contribution is 5.81. The summed E-state index contributed by atoms with van der Waals surface area (Å²) in [6.07, 6.45) is 6.67. The first-order chi connectivity index (χ1) is 14.7. The highest BCUT2D eigenvalue weighted by Gasteiger charge is 2.31. The predicted octanol–water partition coefficient (Wildman–Crippen LogP) is 3.26. The van der Waals surface area contributed by atoms with Crippen LogP contribution in [0.1, 0.15) is 66.2 Å². The summed E-state index contributed by atoms with van der Waals surface area (Å²) in [6.45, 7) is 16.2. The Morgan fingerprint density at radius 3 is 2.03 bits per heavy atom. The molecular formula is C25H45N3O3. The van der Waals surface area contributed by atoms with Gasteiger partial charge in [0.25, 0.3) is 0 Å². The molecule has 6 nitrogen and oxygen atoms in total. The number of piperidine rings is 1. The second kappa shape index (κ2) is 11.1. The first-order valence-corrected chi connectivity index (χ1v) is 12.6. The van der Waals surface area contributed by atoms with Gasteiger partial charge in [0, 0.05) is 63.8 Å². The van der Waals surface area contributed by atoms with Crippen molar-refractivity contribution in [2.45, 2.75) is 66.2 Å². The third kappa shape index (κ3) is 7.18. The molecule has 2 aliphatic heterocycles. The van der Waals surface area contributed by atoms with Crippen molar-refractivity contribution in [3.05, 3.63) is 0 Å². The molecule has 0 radical (unpaired) electrons. The van der Waals surface area contributed by atoms with E-state index in [0.29, 0.717) is 11.8 Å². The van der Waals surface area contributed by atoms with E-state index in [-0.39, 0.29) is 17.2 Å². The molecule has 0 N–H and O–H groups in total. The number of piperazine rings is 1. The lowest BCUT2D eigenvalue weighted by Gasteiger charge is -2.38. The summed E-state index contributed by atoms with van der Waals surface area (Å²) in [7, 11) is 0. The molecule has 3 fully saturated rings. The summed E-state index contributed by atoms with van der Waals surface area (Å²) in [4.78, 5) is 31.7. The monoisotopic (exact) mass is 435 g/mol. The molecule has 1 aliphatic carbocycles. The molecule has 0 atom stereocenters. The van der Waals surface area contributed by atoms with E-state index in [1.54, 1.807) is 0 Å². The average Bonchev–Trinajstić information content (AvgIpc) is 2.76. The predicted molar refractivity (Wildman–Crippen MR) is 124 cm³/mol. The summed E-state index contributed by atoms with van der Waals surface area (Å²) in [5, 5.41) is 0. The van der Waals surface area contributed by atoms with Crippen LogP contribution >= 0.6 is 0 Å². The Kier molecular flexibility index (Phi) is 8.80. The lowest BCUT2D eigenvalue weighted by atomic mass is 9.82. The smallest absolute Gasteiger partial charge is 0.227 e. The molecule has 6 heteroatoms. The van der Waals surface area contributed by atoms with E-state index in [4.69, 9.17) is 4.74 Å². The number of carbonyl (C=O) groups is 2. The van der Waals surface area contributed by atoms with E-state index in [1.807, 2.05) is 25.7 Å². The molecule has 1 saturated carbocycles. The van der Waals surface area contributed by atoms with Gasteiger partial charge in [-0.25, -0.2) is 0 Å². The van der Waals surface area contributed by atoms with Crippen LogP contribution in [0.25, 0.3) is 0 Å². The lowest BCUT2D eigenvalue weighted by molar-refractivity contribution is -0.141. The minimum Gasteiger partial charge on any atom is -0.380 e. The van der Waals surface area contributed by atoms with Crippen LogP contribution in [0.2, 0.25) is 0 Å². The van der Waals surface area contributed by atoms with Crippen LogP contribution in [0.5, 0.6) is 0 Å². The van der Waals surface area contributed by atoms with Crippen LogP contribution < -0.4 is 0 Å². The maximum absolute atomic E-state index is 12.8. The van der Waals surface area contributed by atoms with E-state index in [1.165, 1.54) is 12.8 Å². The largest absolute Gasteiger partial charge is 0.380 e. The minimum atomic E-state index is -0.285.